The molecule has 0 spiro atoms. The predicted octanol–water partition coefficient (Wildman–Crippen LogP) is 5.92. The molecule has 1 aromatic carbocycles. The van der Waals surface area contributed by atoms with Crippen molar-refractivity contribution >= 4 is 34.8 Å². The number of ketones is 1. The summed E-state index contributed by atoms with van der Waals surface area (Å²) in [5.41, 5.74) is 1.77. The number of carbonyl (C=O) groups excluding carboxylic acids is 1. The molecule has 0 aliphatic heterocycles. The second kappa shape index (κ2) is 8.25. The van der Waals surface area contributed by atoms with Gasteiger partial charge in [-0.3, -0.25) is 9.20 Å². The van der Waals surface area contributed by atoms with Crippen LogP contribution in [-0.4, -0.2) is 30.7 Å². The predicted molar refractivity (Wildman–Crippen MR) is 113 cm³/mol. The van der Waals surface area contributed by atoms with Gasteiger partial charge in [-0.25, -0.2) is 4.39 Å². The van der Waals surface area contributed by atoms with E-state index in [2.05, 4.69) is 10.2 Å². The first kappa shape index (κ1) is 22.3. The molecule has 0 unspecified atom stereocenters. The Bertz CT molecular complexity index is 1330. The number of fused-ring (bicyclic) bond motifs is 1. The number of nitrogens with zero attached hydrogens (tertiary/aromatic N) is 4. The van der Waals surface area contributed by atoms with Gasteiger partial charge in [-0.05, 0) is 50.2 Å². The molecule has 0 amide bonds. The van der Waals surface area contributed by atoms with Crippen molar-refractivity contribution in [1.29, 1.82) is 0 Å². The third kappa shape index (κ3) is 4.12. The number of hydrogen-bond acceptors (Lipinski definition) is 4. The van der Waals surface area contributed by atoms with E-state index in [0.717, 1.165) is 34.1 Å². The number of alkyl halides is 3. The second-order valence-corrected chi connectivity index (χ2v) is 8.41. The first-order valence-corrected chi connectivity index (χ1v) is 10.6. The lowest BCUT2D eigenvalue weighted by atomic mass is 10.2. The fourth-order valence-electron chi connectivity index (χ4n) is 3.43. The van der Waals surface area contributed by atoms with Crippen molar-refractivity contribution in [2.75, 3.05) is 5.75 Å². The Kier molecular flexibility index (Phi) is 5.76. The van der Waals surface area contributed by atoms with Crippen LogP contribution in [0.4, 0.5) is 17.6 Å². The molecular formula is C21H15ClF4N4OS. The largest absolute Gasteiger partial charge is 0.417 e. The average Bonchev–Trinajstić information content (AvgIpc) is 3.27. The van der Waals surface area contributed by atoms with Crippen molar-refractivity contribution in [3.63, 3.8) is 0 Å². The van der Waals surface area contributed by atoms with E-state index in [9.17, 15) is 22.4 Å². The van der Waals surface area contributed by atoms with Gasteiger partial charge in [0.05, 0.1) is 16.3 Å². The molecule has 0 bridgehead atoms. The summed E-state index contributed by atoms with van der Waals surface area (Å²) in [5.74, 6) is -0.660. The molecule has 11 heteroatoms. The lowest BCUT2D eigenvalue weighted by molar-refractivity contribution is -0.137. The number of pyridine rings is 1. The standard InChI is InChI=1S/C21H15ClF4N4OS/c1-11-7-16(12(2)30(11)15-5-3-14(23)4-6-15)18(31)10-32-20-28-27-19-17(22)8-13(9-29(19)20)21(24,25)26/h3-9H,10H2,1-2H3. The Morgan fingerprint density at radius 1 is 1.12 bits per heavy atom. The summed E-state index contributed by atoms with van der Waals surface area (Å²) in [6.45, 7) is 3.60. The van der Waals surface area contributed by atoms with E-state index < -0.39 is 11.7 Å². The highest BCUT2D eigenvalue weighted by Crippen LogP contribution is 2.33. The molecule has 3 heterocycles. The molecule has 3 aromatic heterocycles. The van der Waals surface area contributed by atoms with Crippen LogP contribution in [0, 0.1) is 19.7 Å². The molecule has 0 aliphatic rings. The molecule has 0 radical (unpaired) electrons. The monoisotopic (exact) mass is 482 g/mol. The van der Waals surface area contributed by atoms with Gasteiger partial charge in [0.15, 0.2) is 16.6 Å². The third-order valence-electron chi connectivity index (χ3n) is 4.90. The number of rotatable bonds is 5. The van der Waals surface area contributed by atoms with E-state index >= 15 is 0 Å². The van der Waals surface area contributed by atoms with Gasteiger partial charge in [-0.2, -0.15) is 13.2 Å². The topological polar surface area (TPSA) is 52.2 Å². The van der Waals surface area contributed by atoms with Crippen molar-refractivity contribution in [2.24, 2.45) is 0 Å². The summed E-state index contributed by atoms with van der Waals surface area (Å²) < 4.78 is 55.6. The van der Waals surface area contributed by atoms with Crippen LogP contribution in [0.15, 0.2) is 47.8 Å². The number of Topliss-reactive ketones (excluding diaryl/α,β-unsaturated/α-hetero) is 1. The van der Waals surface area contributed by atoms with Gasteiger partial charge in [0.25, 0.3) is 0 Å². The number of carbonyl (C=O) groups is 1. The maximum atomic E-state index is 13.2. The molecule has 4 rings (SSSR count). The van der Waals surface area contributed by atoms with Gasteiger partial charge in [0.2, 0.25) is 0 Å². The number of benzene rings is 1. The lowest BCUT2D eigenvalue weighted by Crippen LogP contribution is -2.08. The van der Waals surface area contributed by atoms with Crippen LogP contribution in [0.3, 0.4) is 0 Å². The first-order valence-electron chi connectivity index (χ1n) is 9.28. The van der Waals surface area contributed by atoms with Gasteiger partial charge in [-0.15, -0.1) is 10.2 Å². The Morgan fingerprint density at radius 3 is 2.47 bits per heavy atom. The van der Waals surface area contributed by atoms with E-state index in [1.807, 2.05) is 11.5 Å². The summed E-state index contributed by atoms with van der Waals surface area (Å²) in [4.78, 5) is 12.9. The molecule has 0 fully saturated rings. The summed E-state index contributed by atoms with van der Waals surface area (Å²) in [7, 11) is 0. The summed E-state index contributed by atoms with van der Waals surface area (Å²) in [6, 6.07) is 8.41. The first-order chi connectivity index (χ1) is 15.1. The highest BCUT2D eigenvalue weighted by molar-refractivity contribution is 7.99. The van der Waals surface area contributed by atoms with E-state index in [1.54, 1.807) is 25.1 Å². The summed E-state index contributed by atoms with van der Waals surface area (Å²) >= 11 is 6.89. The molecule has 32 heavy (non-hydrogen) atoms. The van der Waals surface area contributed by atoms with Crippen LogP contribution in [-0.2, 0) is 6.18 Å². The normalized spacial score (nSPS) is 12.0. The average molecular weight is 483 g/mol. The van der Waals surface area contributed by atoms with Crippen molar-refractivity contribution < 1.29 is 22.4 Å². The molecular weight excluding hydrogens is 468 g/mol. The van der Waals surface area contributed by atoms with Crippen molar-refractivity contribution in [1.82, 2.24) is 19.2 Å². The van der Waals surface area contributed by atoms with Gasteiger partial charge < -0.3 is 4.57 Å². The van der Waals surface area contributed by atoms with Gasteiger partial charge in [0.1, 0.15) is 5.82 Å². The highest BCUT2D eigenvalue weighted by Gasteiger charge is 2.32. The molecule has 4 aromatic rings. The van der Waals surface area contributed by atoms with E-state index in [1.165, 1.54) is 12.1 Å². The van der Waals surface area contributed by atoms with E-state index in [0.29, 0.717) is 16.9 Å². The number of aryl methyl sites for hydroxylation is 1. The fourth-order valence-corrected chi connectivity index (χ4v) is 4.47. The van der Waals surface area contributed by atoms with Crippen molar-refractivity contribution in [2.45, 2.75) is 25.2 Å². The molecule has 0 N–H and O–H groups in total. The van der Waals surface area contributed by atoms with Gasteiger partial charge >= 0.3 is 6.18 Å². The SMILES string of the molecule is Cc1cc(C(=O)CSc2nnc3c(Cl)cc(C(F)(F)F)cn23)c(C)n1-c1ccc(F)cc1. The zero-order valence-electron chi connectivity index (χ0n) is 16.7. The van der Waals surface area contributed by atoms with Crippen molar-refractivity contribution in [3.8, 4) is 5.69 Å². The molecule has 166 valence electrons. The minimum absolute atomic E-state index is 0.0671. The Balaban J connectivity index is 1.60. The quantitative estimate of drug-likeness (QED) is 0.201. The number of aromatic nitrogens is 4. The third-order valence-corrected chi connectivity index (χ3v) is 6.13. The van der Waals surface area contributed by atoms with Crippen LogP contribution in [0.25, 0.3) is 11.3 Å². The van der Waals surface area contributed by atoms with E-state index in [4.69, 9.17) is 11.6 Å². The van der Waals surface area contributed by atoms with Gasteiger partial charge in [-0.1, -0.05) is 23.4 Å². The number of halogens is 5. The van der Waals surface area contributed by atoms with E-state index in [-0.39, 0.29) is 33.2 Å². The number of hydrogen-bond donors (Lipinski definition) is 0. The van der Waals surface area contributed by atoms with Crippen LogP contribution >= 0.6 is 23.4 Å². The minimum atomic E-state index is -4.59. The van der Waals surface area contributed by atoms with Crippen LogP contribution in [0.5, 0.6) is 0 Å². The smallest absolute Gasteiger partial charge is 0.318 e. The second-order valence-electron chi connectivity index (χ2n) is 7.06. The zero-order chi connectivity index (χ0) is 23.2. The molecule has 5 nitrogen and oxygen atoms in total. The van der Waals surface area contributed by atoms with Crippen molar-refractivity contribution in [3.05, 3.63) is 75.9 Å². The Morgan fingerprint density at radius 2 is 1.81 bits per heavy atom. The molecule has 0 atom stereocenters. The van der Waals surface area contributed by atoms with Crippen LogP contribution in [0.1, 0.15) is 27.3 Å². The van der Waals surface area contributed by atoms with Crippen LogP contribution in [0.2, 0.25) is 5.02 Å². The van der Waals surface area contributed by atoms with Gasteiger partial charge in [0, 0.05) is 28.8 Å². The highest BCUT2D eigenvalue weighted by atomic mass is 35.5. The molecule has 0 saturated carbocycles. The Labute approximate surface area is 189 Å². The Hall–Kier alpha value is -2.85. The molecule has 0 aliphatic carbocycles. The maximum absolute atomic E-state index is 13.2. The molecule has 0 saturated heterocycles. The summed E-state index contributed by atoms with van der Waals surface area (Å²) in [6.07, 6.45) is -3.73. The fraction of sp³-hybridized carbons (Fsp3) is 0.190. The lowest BCUT2D eigenvalue weighted by Gasteiger charge is -2.10. The minimum Gasteiger partial charge on any atom is -0.318 e. The van der Waals surface area contributed by atoms with Crippen LogP contribution < -0.4 is 0 Å². The number of thioether (sulfide) groups is 1. The zero-order valence-corrected chi connectivity index (χ0v) is 18.3. The summed E-state index contributed by atoms with van der Waals surface area (Å²) in [5, 5.41) is 7.63. The maximum Gasteiger partial charge on any atom is 0.417 e.